The Kier molecular flexibility index (Phi) is 5.31. The van der Waals surface area contributed by atoms with Crippen LogP contribution in [0.4, 0.5) is 0 Å². The zero-order valence-corrected chi connectivity index (χ0v) is 17.1. The van der Waals surface area contributed by atoms with Gasteiger partial charge in [0.05, 0.1) is 11.7 Å². The SMILES string of the molecule is CC(C)c1ccc(-c2csc3ncn(CC(=O)NC4CCCC4)c(=O)c23)cc1. The van der Waals surface area contributed by atoms with Crippen molar-refractivity contribution in [1.29, 1.82) is 0 Å². The standard InChI is InChI=1S/C22H25N3O2S/c1-14(2)15-7-9-16(10-8-15)18-12-28-21-20(18)22(27)25(13-23-21)11-19(26)24-17-5-3-4-6-17/h7-10,12-14,17H,3-6,11H2,1-2H3,(H,24,26). The lowest BCUT2D eigenvalue weighted by Crippen LogP contribution is -2.37. The molecule has 1 fully saturated rings. The van der Waals surface area contributed by atoms with Crippen LogP contribution in [0.2, 0.25) is 0 Å². The quantitative estimate of drug-likeness (QED) is 0.700. The van der Waals surface area contributed by atoms with Crippen LogP contribution in [-0.2, 0) is 11.3 Å². The van der Waals surface area contributed by atoms with Crippen LogP contribution in [0.3, 0.4) is 0 Å². The van der Waals surface area contributed by atoms with Gasteiger partial charge in [0.1, 0.15) is 11.4 Å². The summed E-state index contributed by atoms with van der Waals surface area (Å²) in [6.07, 6.45) is 5.86. The highest BCUT2D eigenvalue weighted by atomic mass is 32.1. The van der Waals surface area contributed by atoms with E-state index in [0.717, 1.165) is 36.8 Å². The summed E-state index contributed by atoms with van der Waals surface area (Å²) in [5.74, 6) is 0.346. The van der Waals surface area contributed by atoms with Gasteiger partial charge < -0.3 is 5.32 Å². The summed E-state index contributed by atoms with van der Waals surface area (Å²) in [5.41, 5.74) is 3.00. The summed E-state index contributed by atoms with van der Waals surface area (Å²) in [5, 5.41) is 5.61. The molecule has 28 heavy (non-hydrogen) atoms. The van der Waals surface area contributed by atoms with Crippen molar-refractivity contribution in [2.24, 2.45) is 0 Å². The number of carbonyl (C=O) groups excluding carboxylic acids is 1. The number of carbonyl (C=O) groups is 1. The maximum atomic E-state index is 13.1. The Hall–Kier alpha value is -2.47. The minimum Gasteiger partial charge on any atom is -0.352 e. The van der Waals surface area contributed by atoms with Crippen LogP contribution < -0.4 is 10.9 Å². The first-order valence-corrected chi connectivity index (χ1v) is 10.8. The van der Waals surface area contributed by atoms with E-state index in [-0.39, 0.29) is 24.1 Å². The highest BCUT2D eigenvalue weighted by Gasteiger charge is 2.19. The average molecular weight is 396 g/mol. The predicted molar refractivity (Wildman–Crippen MR) is 114 cm³/mol. The molecule has 0 spiro atoms. The van der Waals surface area contributed by atoms with Crippen LogP contribution in [0.25, 0.3) is 21.3 Å². The minimum atomic E-state index is -0.157. The Morgan fingerprint density at radius 1 is 1.25 bits per heavy atom. The molecule has 6 heteroatoms. The average Bonchev–Trinajstić information content (AvgIpc) is 3.34. The molecular formula is C22H25N3O2S. The molecule has 5 nitrogen and oxygen atoms in total. The summed E-state index contributed by atoms with van der Waals surface area (Å²) in [6, 6.07) is 8.57. The number of nitrogens with zero attached hydrogens (tertiary/aromatic N) is 2. The van der Waals surface area contributed by atoms with E-state index in [1.807, 2.05) is 5.38 Å². The fourth-order valence-electron chi connectivity index (χ4n) is 3.84. The summed E-state index contributed by atoms with van der Waals surface area (Å²) >= 11 is 1.46. The fourth-order valence-corrected chi connectivity index (χ4v) is 4.74. The first-order chi connectivity index (χ1) is 13.5. The number of rotatable bonds is 5. The van der Waals surface area contributed by atoms with Gasteiger partial charge in [0.2, 0.25) is 5.91 Å². The van der Waals surface area contributed by atoms with Gasteiger partial charge in [0.15, 0.2) is 0 Å². The van der Waals surface area contributed by atoms with Crippen molar-refractivity contribution in [2.75, 3.05) is 0 Å². The molecular weight excluding hydrogens is 370 g/mol. The molecule has 3 aromatic rings. The second-order valence-electron chi connectivity index (χ2n) is 7.83. The molecule has 2 aromatic heterocycles. The molecule has 1 aliphatic carbocycles. The van der Waals surface area contributed by atoms with Gasteiger partial charge in [-0.05, 0) is 29.9 Å². The third-order valence-corrected chi connectivity index (χ3v) is 6.37. The molecule has 0 aliphatic heterocycles. The molecule has 4 rings (SSSR count). The van der Waals surface area contributed by atoms with E-state index in [4.69, 9.17) is 0 Å². The lowest BCUT2D eigenvalue weighted by atomic mass is 9.99. The van der Waals surface area contributed by atoms with E-state index in [9.17, 15) is 9.59 Å². The van der Waals surface area contributed by atoms with Crippen LogP contribution >= 0.6 is 11.3 Å². The Morgan fingerprint density at radius 2 is 1.96 bits per heavy atom. The van der Waals surface area contributed by atoms with Crippen molar-refractivity contribution in [3.8, 4) is 11.1 Å². The molecule has 146 valence electrons. The molecule has 2 heterocycles. The van der Waals surface area contributed by atoms with Gasteiger partial charge in [-0.15, -0.1) is 11.3 Å². The van der Waals surface area contributed by atoms with Gasteiger partial charge in [0.25, 0.3) is 5.56 Å². The summed E-state index contributed by atoms with van der Waals surface area (Å²) in [7, 11) is 0. The number of amides is 1. The third kappa shape index (κ3) is 3.74. The zero-order valence-electron chi connectivity index (χ0n) is 16.3. The van der Waals surface area contributed by atoms with Gasteiger partial charge >= 0.3 is 0 Å². The molecule has 1 amide bonds. The first-order valence-electron chi connectivity index (χ1n) is 9.89. The molecule has 0 bridgehead atoms. The number of nitrogens with one attached hydrogen (secondary N) is 1. The molecule has 1 aromatic carbocycles. The van der Waals surface area contributed by atoms with Gasteiger partial charge in [-0.25, -0.2) is 4.98 Å². The van der Waals surface area contributed by atoms with Crippen molar-refractivity contribution < 1.29 is 4.79 Å². The first kappa shape index (κ1) is 18.9. The summed E-state index contributed by atoms with van der Waals surface area (Å²) in [4.78, 5) is 30.6. The Balaban J connectivity index is 1.63. The second kappa shape index (κ2) is 7.87. The highest BCUT2D eigenvalue weighted by Crippen LogP contribution is 2.31. The summed E-state index contributed by atoms with van der Waals surface area (Å²) < 4.78 is 1.42. The molecule has 1 aliphatic rings. The predicted octanol–water partition coefficient (Wildman–Crippen LogP) is 4.31. The molecule has 1 N–H and O–H groups in total. The van der Waals surface area contributed by atoms with Gasteiger partial charge in [0, 0.05) is 17.0 Å². The van der Waals surface area contributed by atoms with E-state index < -0.39 is 0 Å². The number of aromatic nitrogens is 2. The van der Waals surface area contributed by atoms with E-state index in [2.05, 4.69) is 48.4 Å². The zero-order chi connectivity index (χ0) is 19.7. The Labute approximate surface area is 168 Å². The molecule has 0 atom stereocenters. The van der Waals surface area contributed by atoms with Crippen LogP contribution in [0, 0.1) is 0 Å². The van der Waals surface area contributed by atoms with E-state index in [0.29, 0.717) is 16.1 Å². The third-order valence-electron chi connectivity index (χ3n) is 5.48. The van der Waals surface area contributed by atoms with E-state index in [1.54, 1.807) is 0 Å². The second-order valence-corrected chi connectivity index (χ2v) is 8.69. The fraction of sp³-hybridized carbons (Fsp3) is 0.409. The number of thiophene rings is 1. The smallest absolute Gasteiger partial charge is 0.263 e. The topological polar surface area (TPSA) is 64.0 Å². The maximum absolute atomic E-state index is 13.1. The van der Waals surface area contributed by atoms with Crippen molar-refractivity contribution in [3.63, 3.8) is 0 Å². The van der Waals surface area contributed by atoms with E-state index >= 15 is 0 Å². The maximum Gasteiger partial charge on any atom is 0.263 e. The number of fused-ring (bicyclic) bond motifs is 1. The Bertz CT molecular complexity index is 1040. The monoisotopic (exact) mass is 395 g/mol. The van der Waals surface area contributed by atoms with Gasteiger partial charge in [-0.2, -0.15) is 0 Å². The lowest BCUT2D eigenvalue weighted by Gasteiger charge is -2.12. The number of benzene rings is 1. The lowest BCUT2D eigenvalue weighted by molar-refractivity contribution is -0.122. The van der Waals surface area contributed by atoms with Crippen LogP contribution in [0.1, 0.15) is 51.0 Å². The van der Waals surface area contributed by atoms with Gasteiger partial charge in [-0.3, -0.25) is 14.2 Å². The van der Waals surface area contributed by atoms with Crippen LogP contribution in [-0.4, -0.2) is 21.5 Å². The largest absolute Gasteiger partial charge is 0.352 e. The molecule has 0 radical (unpaired) electrons. The van der Waals surface area contributed by atoms with Crippen molar-refractivity contribution in [1.82, 2.24) is 14.9 Å². The van der Waals surface area contributed by atoms with Crippen molar-refractivity contribution >= 4 is 27.5 Å². The summed E-state index contributed by atoms with van der Waals surface area (Å²) in [6.45, 7) is 4.34. The highest BCUT2D eigenvalue weighted by molar-refractivity contribution is 7.17. The normalized spacial score (nSPS) is 14.8. The molecule has 0 unspecified atom stereocenters. The minimum absolute atomic E-state index is 0.0137. The van der Waals surface area contributed by atoms with E-state index in [1.165, 1.54) is 27.8 Å². The van der Waals surface area contributed by atoms with Crippen LogP contribution in [0.5, 0.6) is 0 Å². The molecule has 0 saturated heterocycles. The number of hydrogen-bond acceptors (Lipinski definition) is 4. The Morgan fingerprint density at radius 3 is 2.64 bits per heavy atom. The number of hydrogen-bond donors (Lipinski definition) is 1. The van der Waals surface area contributed by atoms with Gasteiger partial charge in [-0.1, -0.05) is 51.0 Å². The van der Waals surface area contributed by atoms with Crippen LogP contribution in [0.15, 0.2) is 40.8 Å². The molecule has 1 saturated carbocycles. The van der Waals surface area contributed by atoms with Crippen molar-refractivity contribution in [2.45, 2.75) is 58.0 Å². The van der Waals surface area contributed by atoms with Crippen molar-refractivity contribution in [3.05, 3.63) is 51.9 Å².